The third-order valence-corrected chi connectivity index (χ3v) is 2.70. The lowest BCUT2D eigenvalue weighted by Crippen LogP contribution is -2.45. The van der Waals surface area contributed by atoms with Crippen molar-refractivity contribution >= 4 is 6.09 Å². The van der Waals surface area contributed by atoms with Crippen LogP contribution in [0, 0.1) is 0 Å². The molecule has 0 saturated heterocycles. The van der Waals surface area contributed by atoms with Gasteiger partial charge in [0.1, 0.15) is 5.60 Å². The number of nitrogens with one attached hydrogen (secondary N) is 1. The predicted octanol–water partition coefficient (Wildman–Crippen LogP) is 1.42. The van der Waals surface area contributed by atoms with Crippen LogP contribution >= 0.6 is 0 Å². The maximum absolute atomic E-state index is 11.7. The lowest BCUT2D eigenvalue weighted by Gasteiger charge is -2.27. The zero-order chi connectivity index (χ0) is 14.2. The average molecular weight is 266 g/mol. The van der Waals surface area contributed by atoms with E-state index in [4.69, 9.17) is 4.74 Å². The van der Waals surface area contributed by atoms with E-state index in [1.54, 1.807) is 45.0 Å². The van der Waals surface area contributed by atoms with Crippen LogP contribution in [-0.2, 0) is 4.74 Å². The van der Waals surface area contributed by atoms with Gasteiger partial charge in [0.15, 0.2) is 12.5 Å². The number of carbonyl (C=O) groups excluding carboxylic acids is 1. The number of carbonyl (C=O) groups is 1. The second-order valence-electron chi connectivity index (χ2n) is 5.40. The Morgan fingerprint density at radius 3 is 2.11 bits per heavy atom. The number of benzene rings is 1. The first-order valence-corrected chi connectivity index (χ1v) is 6.02. The van der Waals surface area contributed by atoms with Crippen molar-refractivity contribution in [1.82, 2.24) is 10.4 Å². The summed E-state index contributed by atoms with van der Waals surface area (Å²) in [6.07, 6.45) is -2.92. The maximum Gasteiger partial charge on any atom is 0.422 e. The molecule has 0 aromatic heterocycles. The monoisotopic (exact) mass is 266 g/mol. The minimum Gasteiger partial charge on any atom is -0.443 e. The lowest BCUT2D eigenvalue weighted by molar-refractivity contribution is -0.116. The van der Waals surface area contributed by atoms with Crippen molar-refractivity contribution in [2.45, 2.75) is 38.8 Å². The second kappa shape index (κ2) is 4.80. The second-order valence-corrected chi connectivity index (χ2v) is 5.40. The van der Waals surface area contributed by atoms with Crippen LogP contribution in [0.2, 0.25) is 0 Å². The van der Waals surface area contributed by atoms with Gasteiger partial charge in [-0.25, -0.2) is 10.2 Å². The van der Waals surface area contributed by atoms with Crippen molar-refractivity contribution in [2.24, 2.45) is 0 Å². The number of ether oxygens (including phenoxy) is 1. The standard InChI is InChI=1S/C13H18N2O4/c1-13(2,3)19-12(18)14-15-10(16)8-6-4-5-7-9(8)11(15)17/h4-7,10-11,16-17H,1-3H3,(H,14,18). The molecule has 6 heteroatoms. The molecule has 0 saturated carbocycles. The fourth-order valence-electron chi connectivity index (χ4n) is 1.94. The summed E-state index contributed by atoms with van der Waals surface area (Å²) in [4.78, 5) is 11.7. The number of amides is 1. The minimum absolute atomic E-state index is 0.561. The van der Waals surface area contributed by atoms with Crippen LogP contribution in [0.15, 0.2) is 24.3 Å². The quantitative estimate of drug-likeness (QED) is 0.716. The number of nitrogens with zero attached hydrogens (tertiary/aromatic N) is 1. The molecular formula is C13H18N2O4. The van der Waals surface area contributed by atoms with E-state index in [0.29, 0.717) is 11.1 Å². The Morgan fingerprint density at radius 1 is 1.21 bits per heavy atom. The fraction of sp³-hybridized carbons (Fsp3) is 0.462. The first-order valence-electron chi connectivity index (χ1n) is 6.02. The van der Waals surface area contributed by atoms with Crippen molar-refractivity contribution < 1.29 is 19.7 Å². The Balaban J connectivity index is 2.10. The molecule has 2 unspecified atom stereocenters. The molecule has 0 bridgehead atoms. The van der Waals surface area contributed by atoms with Crippen molar-refractivity contribution in [3.63, 3.8) is 0 Å². The molecule has 104 valence electrons. The number of aliphatic hydroxyl groups excluding tert-OH is 2. The van der Waals surface area contributed by atoms with Crippen molar-refractivity contribution in [2.75, 3.05) is 0 Å². The maximum atomic E-state index is 11.7. The summed E-state index contributed by atoms with van der Waals surface area (Å²) in [5, 5.41) is 21.2. The first-order chi connectivity index (χ1) is 8.79. The van der Waals surface area contributed by atoms with Gasteiger partial charge < -0.3 is 14.9 Å². The third-order valence-electron chi connectivity index (χ3n) is 2.70. The molecule has 2 rings (SSSR count). The number of hydrazine groups is 1. The van der Waals surface area contributed by atoms with Gasteiger partial charge >= 0.3 is 6.09 Å². The molecule has 3 N–H and O–H groups in total. The van der Waals surface area contributed by atoms with Gasteiger partial charge in [-0.05, 0) is 20.8 Å². The highest BCUT2D eigenvalue weighted by molar-refractivity contribution is 5.67. The first kappa shape index (κ1) is 13.8. The minimum atomic E-state index is -1.10. The lowest BCUT2D eigenvalue weighted by atomic mass is 10.1. The summed E-state index contributed by atoms with van der Waals surface area (Å²) < 4.78 is 5.08. The van der Waals surface area contributed by atoms with E-state index in [-0.39, 0.29) is 0 Å². The van der Waals surface area contributed by atoms with Crippen LogP contribution in [-0.4, -0.2) is 26.9 Å². The third kappa shape index (κ3) is 2.86. The summed E-state index contributed by atoms with van der Waals surface area (Å²) in [5.41, 5.74) is 2.83. The Morgan fingerprint density at radius 2 is 1.68 bits per heavy atom. The molecule has 0 fully saturated rings. The van der Waals surface area contributed by atoms with Crippen LogP contribution in [0.3, 0.4) is 0 Å². The summed E-state index contributed by atoms with van der Waals surface area (Å²) in [7, 11) is 0. The fourth-order valence-corrected chi connectivity index (χ4v) is 1.94. The van der Waals surface area contributed by atoms with Gasteiger partial charge in [0.25, 0.3) is 0 Å². The number of hydrogen-bond donors (Lipinski definition) is 3. The van der Waals surface area contributed by atoms with Gasteiger partial charge in [-0.3, -0.25) is 0 Å². The van der Waals surface area contributed by atoms with Crippen LogP contribution in [0.4, 0.5) is 4.79 Å². The van der Waals surface area contributed by atoms with E-state index >= 15 is 0 Å². The molecule has 0 aliphatic carbocycles. The van der Waals surface area contributed by atoms with Crippen LogP contribution < -0.4 is 5.43 Å². The van der Waals surface area contributed by atoms with Crippen molar-refractivity contribution in [1.29, 1.82) is 0 Å². The molecule has 1 aromatic rings. The average Bonchev–Trinajstić information content (AvgIpc) is 2.53. The Bertz CT molecular complexity index is 455. The van der Waals surface area contributed by atoms with Gasteiger partial charge in [-0.15, -0.1) is 0 Å². The zero-order valence-corrected chi connectivity index (χ0v) is 11.1. The molecule has 1 amide bonds. The summed E-state index contributed by atoms with van der Waals surface area (Å²) >= 11 is 0. The molecule has 0 radical (unpaired) electrons. The summed E-state index contributed by atoms with van der Waals surface area (Å²) in [6.45, 7) is 5.20. The summed E-state index contributed by atoms with van der Waals surface area (Å²) in [5.74, 6) is 0. The van der Waals surface area contributed by atoms with Crippen LogP contribution in [0.1, 0.15) is 44.4 Å². The highest BCUT2D eigenvalue weighted by Crippen LogP contribution is 2.37. The number of hydrogen-bond acceptors (Lipinski definition) is 5. The molecule has 1 aliphatic rings. The highest BCUT2D eigenvalue weighted by Gasteiger charge is 2.37. The van der Waals surface area contributed by atoms with Gasteiger partial charge in [-0.2, -0.15) is 5.01 Å². The van der Waals surface area contributed by atoms with E-state index < -0.39 is 24.2 Å². The molecule has 6 nitrogen and oxygen atoms in total. The molecule has 19 heavy (non-hydrogen) atoms. The van der Waals surface area contributed by atoms with Crippen molar-refractivity contribution in [3.05, 3.63) is 35.4 Å². The van der Waals surface area contributed by atoms with E-state index in [0.717, 1.165) is 5.01 Å². The summed E-state index contributed by atoms with van der Waals surface area (Å²) in [6, 6.07) is 6.90. The van der Waals surface area contributed by atoms with E-state index in [1.165, 1.54) is 0 Å². The molecule has 1 heterocycles. The number of rotatable bonds is 1. The van der Waals surface area contributed by atoms with Gasteiger partial charge in [0.05, 0.1) is 0 Å². The van der Waals surface area contributed by atoms with E-state index in [1.807, 2.05) is 0 Å². The van der Waals surface area contributed by atoms with E-state index in [9.17, 15) is 15.0 Å². The molecule has 2 atom stereocenters. The number of aliphatic hydroxyl groups is 2. The van der Waals surface area contributed by atoms with Crippen LogP contribution in [0.5, 0.6) is 0 Å². The molecule has 1 aromatic carbocycles. The molecule has 0 spiro atoms. The highest BCUT2D eigenvalue weighted by atomic mass is 16.6. The van der Waals surface area contributed by atoms with Gasteiger partial charge in [0, 0.05) is 11.1 Å². The zero-order valence-electron chi connectivity index (χ0n) is 11.1. The number of fused-ring (bicyclic) bond motifs is 1. The smallest absolute Gasteiger partial charge is 0.422 e. The Kier molecular flexibility index (Phi) is 3.49. The molecular weight excluding hydrogens is 248 g/mol. The van der Waals surface area contributed by atoms with Crippen molar-refractivity contribution in [3.8, 4) is 0 Å². The molecule has 1 aliphatic heterocycles. The predicted molar refractivity (Wildman–Crippen MR) is 67.6 cm³/mol. The Hall–Kier alpha value is -1.63. The SMILES string of the molecule is CC(C)(C)OC(=O)NN1C(O)c2ccccc2C1O. The van der Waals surface area contributed by atoms with Crippen LogP contribution in [0.25, 0.3) is 0 Å². The Labute approximate surface area is 111 Å². The van der Waals surface area contributed by atoms with Gasteiger partial charge in [-0.1, -0.05) is 24.3 Å². The topological polar surface area (TPSA) is 82.0 Å². The van der Waals surface area contributed by atoms with E-state index in [2.05, 4.69) is 5.43 Å². The normalized spacial score (nSPS) is 23.0. The van der Waals surface area contributed by atoms with Gasteiger partial charge in [0.2, 0.25) is 0 Å². The largest absolute Gasteiger partial charge is 0.443 e.